The molecule has 1 fully saturated rings. The summed E-state index contributed by atoms with van der Waals surface area (Å²) < 4.78 is 10.3. The van der Waals surface area contributed by atoms with Crippen molar-refractivity contribution >= 4 is 17.7 Å². The van der Waals surface area contributed by atoms with E-state index in [1.165, 1.54) is 21.1 Å². The molecule has 1 heterocycles. The van der Waals surface area contributed by atoms with Gasteiger partial charge in [-0.25, -0.2) is 4.79 Å². The molecule has 1 atom stereocenters. The van der Waals surface area contributed by atoms with Crippen molar-refractivity contribution < 1.29 is 23.9 Å². The normalized spacial score (nSPS) is 20.6. The van der Waals surface area contributed by atoms with Gasteiger partial charge < -0.3 is 14.8 Å². The Balaban J connectivity index is 2.31. The average Bonchev–Trinajstić information content (AvgIpc) is 2.70. The van der Waals surface area contributed by atoms with E-state index in [-0.39, 0.29) is 24.8 Å². The van der Waals surface area contributed by atoms with Crippen LogP contribution in [0.15, 0.2) is 18.2 Å². The Morgan fingerprint density at radius 2 is 2.00 bits per heavy atom. The quantitative estimate of drug-likeness (QED) is 0.632. The zero-order valence-electron chi connectivity index (χ0n) is 13.6. The molecule has 0 unspecified atom stereocenters. The molecular formula is C16H20N2O5. The Hall–Kier alpha value is -2.41. The Bertz CT molecular complexity index is 658. The summed E-state index contributed by atoms with van der Waals surface area (Å²) in [5.74, 6) is 0.0332. The molecule has 2 rings (SSSR count). The first kappa shape index (κ1) is 17.0. The summed E-state index contributed by atoms with van der Waals surface area (Å²) >= 11 is 0. The van der Waals surface area contributed by atoms with E-state index in [2.05, 4.69) is 5.32 Å². The highest BCUT2D eigenvalue weighted by Gasteiger charge is 2.47. The number of hydrogen-bond donors (Lipinski definition) is 1. The number of methoxy groups -OCH3 is 2. The maximum atomic E-state index is 12.5. The molecule has 0 radical (unpaired) electrons. The van der Waals surface area contributed by atoms with Crippen LogP contribution in [0, 0.1) is 0 Å². The summed E-state index contributed by atoms with van der Waals surface area (Å²) in [5, 5.41) is 2.63. The number of carbonyl (C=O) groups is 3. The highest BCUT2D eigenvalue weighted by molar-refractivity contribution is 6.06. The Kier molecular flexibility index (Phi) is 4.70. The number of ketones is 1. The van der Waals surface area contributed by atoms with Crippen molar-refractivity contribution in [1.82, 2.24) is 10.2 Å². The number of hydrogen-bond acceptors (Lipinski definition) is 5. The summed E-state index contributed by atoms with van der Waals surface area (Å²) in [7, 11) is 2.96. The smallest absolute Gasteiger partial charge is 0.325 e. The highest BCUT2D eigenvalue weighted by atomic mass is 16.5. The molecular weight excluding hydrogens is 300 g/mol. The molecule has 23 heavy (non-hydrogen) atoms. The van der Waals surface area contributed by atoms with Gasteiger partial charge in [-0.2, -0.15) is 0 Å². The van der Waals surface area contributed by atoms with Crippen LogP contribution in [0.5, 0.6) is 5.75 Å². The predicted molar refractivity (Wildman–Crippen MR) is 82.4 cm³/mol. The van der Waals surface area contributed by atoms with Gasteiger partial charge in [-0.3, -0.25) is 14.5 Å². The largest absolute Gasteiger partial charge is 0.496 e. The maximum absolute atomic E-state index is 12.5. The molecule has 1 N–H and O–H groups in total. The van der Waals surface area contributed by atoms with Crippen LogP contribution in [-0.2, 0) is 16.1 Å². The van der Waals surface area contributed by atoms with E-state index < -0.39 is 11.6 Å². The number of nitrogens with zero attached hydrogens (tertiary/aromatic N) is 1. The molecule has 0 spiro atoms. The first-order chi connectivity index (χ1) is 10.8. The van der Waals surface area contributed by atoms with Crippen molar-refractivity contribution in [2.45, 2.75) is 25.9 Å². The molecule has 1 aromatic rings. The summed E-state index contributed by atoms with van der Waals surface area (Å²) in [6.45, 7) is 3.17. The monoisotopic (exact) mass is 320 g/mol. The summed E-state index contributed by atoms with van der Waals surface area (Å²) in [6.07, 6.45) is 0. The highest BCUT2D eigenvalue weighted by Crippen LogP contribution is 2.26. The van der Waals surface area contributed by atoms with Crippen LogP contribution in [0.3, 0.4) is 0 Å². The number of rotatable bonds is 6. The second-order valence-electron chi connectivity index (χ2n) is 5.67. The molecule has 0 bridgehead atoms. The van der Waals surface area contributed by atoms with Gasteiger partial charge in [0.2, 0.25) is 0 Å². The Morgan fingerprint density at radius 1 is 1.30 bits per heavy atom. The molecule has 1 saturated heterocycles. The van der Waals surface area contributed by atoms with E-state index in [1.807, 2.05) is 0 Å². The second kappa shape index (κ2) is 6.37. The maximum Gasteiger partial charge on any atom is 0.325 e. The van der Waals surface area contributed by atoms with Gasteiger partial charge in [0, 0.05) is 18.2 Å². The van der Waals surface area contributed by atoms with E-state index in [0.717, 1.165) is 4.90 Å². The zero-order valence-corrected chi connectivity index (χ0v) is 13.6. The topological polar surface area (TPSA) is 84.9 Å². The first-order valence-electron chi connectivity index (χ1n) is 7.13. The molecule has 1 aliphatic heterocycles. The molecule has 0 aliphatic carbocycles. The average molecular weight is 320 g/mol. The van der Waals surface area contributed by atoms with Gasteiger partial charge in [-0.1, -0.05) is 0 Å². The van der Waals surface area contributed by atoms with Crippen molar-refractivity contribution in [3.05, 3.63) is 29.3 Å². The van der Waals surface area contributed by atoms with Crippen molar-refractivity contribution in [1.29, 1.82) is 0 Å². The minimum absolute atomic E-state index is 0.0221. The summed E-state index contributed by atoms with van der Waals surface area (Å²) in [5.41, 5.74) is -0.00469. The van der Waals surface area contributed by atoms with Gasteiger partial charge in [0.15, 0.2) is 5.78 Å². The van der Waals surface area contributed by atoms with Crippen molar-refractivity contribution in [3.63, 3.8) is 0 Å². The molecule has 7 heteroatoms. The van der Waals surface area contributed by atoms with Crippen LogP contribution in [0.1, 0.15) is 29.8 Å². The van der Waals surface area contributed by atoms with Crippen LogP contribution < -0.4 is 10.1 Å². The SMILES string of the molecule is COC[C@@]1(C)NC(=O)N(Cc2cc(C(C)=O)ccc2OC)C1=O. The van der Waals surface area contributed by atoms with E-state index in [1.54, 1.807) is 25.1 Å². The minimum Gasteiger partial charge on any atom is -0.496 e. The van der Waals surface area contributed by atoms with Crippen molar-refractivity contribution in [2.75, 3.05) is 20.8 Å². The molecule has 3 amide bonds. The van der Waals surface area contributed by atoms with Gasteiger partial charge in [-0.05, 0) is 32.0 Å². The number of Topliss-reactive ketones (excluding diaryl/α,β-unsaturated/α-hetero) is 1. The van der Waals surface area contributed by atoms with Crippen LogP contribution in [0.2, 0.25) is 0 Å². The number of amides is 3. The summed E-state index contributed by atoms with van der Waals surface area (Å²) in [4.78, 5) is 37.3. The molecule has 7 nitrogen and oxygen atoms in total. The fraction of sp³-hybridized carbons (Fsp3) is 0.438. The predicted octanol–water partition coefficient (Wildman–Crippen LogP) is 1.35. The van der Waals surface area contributed by atoms with Crippen LogP contribution in [-0.4, -0.2) is 49.0 Å². The van der Waals surface area contributed by atoms with Crippen LogP contribution in [0.4, 0.5) is 4.79 Å². The Morgan fingerprint density at radius 3 is 2.57 bits per heavy atom. The number of carbonyl (C=O) groups excluding carboxylic acids is 3. The van der Waals surface area contributed by atoms with Gasteiger partial charge in [0.1, 0.15) is 11.3 Å². The number of nitrogens with one attached hydrogen (secondary N) is 1. The van der Waals surface area contributed by atoms with Gasteiger partial charge in [0.25, 0.3) is 5.91 Å². The zero-order chi connectivity index (χ0) is 17.2. The van der Waals surface area contributed by atoms with Crippen molar-refractivity contribution in [3.8, 4) is 5.75 Å². The number of benzene rings is 1. The lowest BCUT2D eigenvalue weighted by Crippen LogP contribution is -2.47. The van der Waals surface area contributed by atoms with E-state index >= 15 is 0 Å². The third-order valence-electron chi connectivity index (χ3n) is 3.79. The fourth-order valence-electron chi connectivity index (χ4n) is 2.57. The van der Waals surface area contributed by atoms with Crippen LogP contribution >= 0.6 is 0 Å². The molecule has 1 aliphatic rings. The van der Waals surface area contributed by atoms with E-state index in [0.29, 0.717) is 16.9 Å². The molecule has 0 aromatic heterocycles. The summed E-state index contributed by atoms with van der Waals surface area (Å²) in [6, 6.07) is 4.43. The molecule has 0 saturated carbocycles. The molecule has 1 aromatic carbocycles. The lowest BCUT2D eigenvalue weighted by Gasteiger charge is -2.21. The van der Waals surface area contributed by atoms with E-state index in [4.69, 9.17) is 9.47 Å². The first-order valence-corrected chi connectivity index (χ1v) is 7.13. The minimum atomic E-state index is -1.09. The van der Waals surface area contributed by atoms with Gasteiger partial charge in [0.05, 0.1) is 20.3 Å². The number of imide groups is 1. The number of urea groups is 1. The number of ether oxygens (including phenoxy) is 2. The van der Waals surface area contributed by atoms with Crippen LogP contribution in [0.25, 0.3) is 0 Å². The van der Waals surface area contributed by atoms with E-state index in [9.17, 15) is 14.4 Å². The lowest BCUT2D eigenvalue weighted by atomic mass is 10.0. The van der Waals surface area contributed by atoms with Gasteiger partial charge in [-0.15, -0.1) is 0 Å². The molecule has 124 valence electrons. The second-order valence-corrected chi connectivity index (χ2v) is 5.67. The van der Waals surface area contributed by atoms with Crippen molar-refractivity contribution in [2.24, 2.45) is 0 Å². The Labute approximate surface area is 134 Å². The third kappa shape index (κ3) is 3.19. The fourth-order valence-corrected chi connectivity index (χ4v) is 2.57. The van der Waals surface area contributed by atoms with Gasteiger partial charge >= 0.3 is 6.03 Å². The standard InChI is InChI=1S/C16H20N2O5/c1-10(19)11-5-6-13(23-4)12(7-11)8-18-14(20)16(2,9-22-3)17-15(18)21/h5-7H,8-9H2,1-4H3,(H,17,21)/t16-/m1/s1. The third-order valence-corrected chi connectivity index (χ3v) is 3.79. The lowest BCUT2D eigenvalue weighted by molar-refractivity contribution is -0.132.